The van der Waals surface area contributed by atoms with Crippen LogP contribution in [0.2, 0.25) is 0 Å². The summed E-state index contributed by atoms with van der Waals surface area (Å²) in [5, 5.41) is 7.73. The number of hydrogen-bond acceptors (Lipinski definition) is 7. The SMILES string of the molecule is C[C@H](NC(=O)OCc1ccccc1)C(=O)N[C@@H](C)C(=O)N(C)N(C(N)=O)C(=O)/C=C/C(=O)N(C)Cc1cccc2ccccc12. The zero-order valence-corrected chi connectivity index (χ0v) is 25.4. The summed E-state index contributed by atoms with van der Waals surface area (Å²) in [6, 6.07) is 18.8. The number of nitrogens with one attached hydrogen (secondary N) is 2. The molecule has 0 aromatic heterocycles. The van der Waals surface area contributed by atoms with E-state index in [9.17, 15) is 28.8 Å². The van der Waals surface area contributed by atoms with Crippen molar-refractivity contribution in [3.05, 3.63) is 96.1 Å². The van der Waals surface area contributed by atoms with Gasteiger partial charge in [0.2, 0.25) is 11.8 Å². The van der Waals surface area contributed by atoms with E-state index in [4.69, 9.17) is 10.5 Å². The largest absolute Gasteiger partial charge is 0.445 e. The van der Waals surface area contributed by atoms with Gasteiger partial charge in [-0.05, 0) is 35.7 Å². The molecule has 0 spiro atoms. The van der Waals surface area contributed by atoms with E-state index in [1.807, 2.05) is 48.5 Å². The minimum Gasteiger partial charge on any atom is -0.445 e. The lowest BCUT2D eigenvalue weighted by atomic mass is 10.0. The van der Waals surface area contributed by atoms with Crippen LogP contribution in [0, 0.1) is 0 Å². The van der Waals surface area contributed by atoms with Crippen molar-refractivity contribution in [2.75, 3.05) is 14.1 Å². The molecule has 0 heterocycles. The van der Waals surface area contributed by atoms with E-state index in [-0.39, 0.29) is 13.2 Å². The van der Waals surface area contributed by atoms with Crippen LogP contribution in [0.1, 0.15) is 25.0 Å². The molecule has 0 bridgehead atoms. The van der Waals surface area contributed by atoms with E-state index in [0.717, 1.165) is 41.1 Å². The fraction of sp³-hybridized carbons (Fsp3) is 0.250. The number of carbonyl (C=O) groups excluding carboxylic acids is 6. The number of urea groups is 1. The van der Waals surface area contributed by atoms with Gasteiger partial charge in [0.15, 0.2) is 0 Å². The predicted octanol–water partition coefficient (Wildman–Crippen LogP) is 2.45. The Labute approximate surface area is 260 Å². The highest BCUT2D eigenvalue weighted by molar-refractivity contribution is 6.04. The number of fused-ring (bicyclic) bond motifs is 1. The molecule has 0 saturated carbocycles. The Morgan fingerprint density at radius 3 is 2.11 bits per heavy atom. The maximum absolute atomic E-state index is 13.0. The van der Waals surface area contributed by atoms with Crippen molar-refractivity contribution in [2.45, 2.75) is 39.1 Å². The number of rotatable bonds is 10. The van der Waals surface area contributed by atoms with Crippen molar-refractivity contribution in [1.82, 2.24) is 25.6 Å². The van der Waals surface area contributed by atoms with Crippen LogP contribution in [0.4, 0.5) is 9.59 Å². The van der Waals surface area contributed by atoms with Crippen molar-refractivity contribution in [3.63, 3.8) is 0 Å². The van der Waals surface area contributed by atoms with Crippen LogP contribution in [0.5, 0.6) is 0 Å². The Kier molecular flexibility index (Phi) is 11.8. The first-order chi connectivity index (χ1) is 21.4. The van der Waals surface area contributed by atoms with Crippen molar-refractivity contribution >= 4 is 46.5 Å². The third-order valence-electron chi connectivity index (χ3n) is 6.74. The first-order valence-electron chi connectivity index (χ1n) is 14.0. The molecule has 3 rings (SSSR count). The van der Waals surface area contributed by atoms with Crippen molar-refractivity contribution < 1.29 is 33.5 Å². The Hall–Kier alpha value is -5.72. The second-order valence-electron chi connectivity index (χ2n) is 10.2. The van der Waals surface area contributed by atoms with Crippen LogP contribution in [0.25, 0.3) is 10.8 Å². The second-order valence-corrected chi connectivity index (χ2v) is 10.2. The van der Waals surface area contributed by atoms with E-state index in [2.05, 4.69) is 10.6 Å². The zero-order chi connectivity index (χ0) is 33.1. The van der Waals surface area contributed by atoms with Gasteiger partial charge in [-0.15, -0.1) is 0 Å². The van der Waals surface area contributed by atoms with Gasteiger partial charge in [-0.25, -0.2) is 14.6 Å². The summed E-state index contributed by atoms with van der Waals surface area (Å²) in [6.45, 7) is 2.96. The first-order valence-corrected chi connectivity index (χ1v) is 14.0. The number of ether oxygens (including phenoxy) is 1. The molecule has 4 N–H and O–H groups in total. The number of likely N-dealkylation sites (N-methyl/N-ethyl adjacent to an activating group) is 2. The van der Waals surface area contributed by atoms with E-state index in [1.54, 1.807) is 31.3 Å². The summed E-state index contributed by atoms with van der Waals surface area (Å²) in [5.41, 5.74) is 7.02. The van der Waals surface area contributed by atoms with Crippen molar-refractivity contribution in [3.8, 4) is 0 Å². The molecule has 3 aromatic carbocycles. The van der Waals surface area contributed by atoms with Crippen LogP contribution in [-0.4, -0.2) is 76.8 Å². The van der Waals surface area contributed by atoms with Crippen LogP contribution in [-0.2, 0) is 37.1 Å². The summed E-state index contributed by atoms with van der Waals surface area (Å²) in [6.07, 6.45) is 0.955. The summed E-state index contributed by atoms with van der Waals surface area (Å²) in [5.74, 6) is -3.18. The van der Waals surface area contributed by atoms with Gasteiger partial charge in [-0.2, -0.15) is 5.01 Å². The number of imide groups is 1. The molecule has 0 aliphatic carbocycles. The van der Waals surface area contributed by atoms with Gasteiger partial charge in [-0.1, -0.05) is 72.8 Å². The summed E-state index contributed by atoms with van der Waals surface area (Å²) in [7, 11) is 2.67. The average Bonchev–Trinajstić information content (AvgIpc) is 3.02. The van der Waals surface area contributed by atoms with Gasteiger partial charge in [0.05, 0.1) is 0 Å². The Balaban J connectivity index is 1.55. The minimum absolute atomic E-state index is 0.00177. The molecule has 0 unspecified atom stereocenters. The fourth-order valence-corrected chi connectivity index (χ4v) is 4.29. The maximum atomic E-state index is 13.0. The van der Waals surface area contributed by atoms with Crippen LogP contribution in [0.3, 0.4) is 0 Å². The molecule has 2 atom stereocenters. The highest BCUT2D eigenvalue weighted by Gasteiger charge is 2.31. The fourth-order valence-electron chi connectivity index (χ4n) is 4.29. The molecule has 0 radical (unpaired) electrons. The van der Waals surface area contributed by atoms with E-state index < -0.39 is 47.8 Å². The number of carbonyl (C=O) groups is 6. The van der Waals surface area contributed by atoms with E-state index in [1.165, 1.54) is 18.7 Å². The minimum atomic E-state index is -1.29. The van der Waals surface area contributed by atoms with Gasteiger partial charge in [0.25, 0.3) is 11.8 Å². The molecular formula is C32H36N6O7. The molecule has 0 aliphatic rings. The van der Waals surface area contributed by atoms with Gasteiger partial charge in [0, 0.05) is 32.8 Å². The highest BCUT2D eigenvalue weighted by atomic mass is 16.5. The van der Waals surface area contributed by atoms with Gasteiger partial charge in [-0.3, -0.25) is 19.2 Å². The molecule has 45 heavy (non-hydrogen) atoms. The van der Waals surface area contributed by atoms with Crippen LogP contribution >= 0.6 is 0 Å². The standard InChI is InChI=1S/C32H36N6O7/c1-21(35-32(44)45-20-23-11-6-5-7-12-23)29(41)34-22(2)30(42)37(4)38(31(33)43)28(40)18-17-27(39)36(3)19-25-15-10-14-24-13-8-9-16-26(24)25/h5-18,21-22H,19-20H2,1-4H3,(H2,33,43)(H,34,41)(H,35,44)/b18-17+/t21-,22-/m0/s1. The molecular weight excluding hydrogens is 580 g/mol. The summed E-state index contributed by atoms with van der Waals surface area (Å²) in [4.78, 5) is 76.8. The maximum Gasteiger partial charge on any atom is 0.408 e. The second kappa shape index (κ2) is 15.7. The number of benzene rings is 3. The number of alkyl carbamates (subject to hydrolysis) is 1. The van der Waals surface area contributed by atoms with E-state index in [0.29, 0.717) is 10.0 Å². The lowest BCUT2D eigenvalue weighted by Crippen LogP contribution is -2.58. The molecule has 236 valence electrons. The number of hydrazine groups is 1. The topological polar surface area (TPSA) is 171 Å². The lowest BCUT2D eigenvalue weighted by molar-refractivity contribution is -0.153. The Bertz CT molecular complexity index is 1590. The lowest BCUT2D eigenvalue weighted by Gasteiger charge is -2.30. The highest BCUT2D eigenvalue weighted by Crippen LogP contribution is 2.19. The molecule has 0 fully saturated rings. The Morgan fingerprint density at radius 1 is 0.800 bits per heavy atom. The van der Waals surface area contributed by atoms with Gasteiger partial charge >= 0.3 is 12.1 Å². The predicted molar refractivity (Wildman–Crippen MR) is 166 cm³/mol. The molecule has 13 heteroatoms. The molecule has 0 aliphatic heterocycles. The third kappa shape index (κ3) is 9.38. The summed E-state index contributed by atoms with van der Waals surface area (Å²) < 4.78 is 5.09. The molecule has 7 amide bonds. The monoisotopic (exact) mass is 616 g/mol. The van der Waals surface area contributed by atoms with Crippen molar-refractivity contribution in [2.24, 2.45) is 5.73 Å². The average molecular weight is 617 g/mol. The molecule has 0 saturated heterocycles. The zero-order valence-electron chi connectivity index (χ0n) is 25.4. The number of nitrogens with zero attached hydrogens (tertiary/aromatic N) is 3. The number of nitrogens with two attached hydrogens (primary N) is 1. The van der Waals surface area contributed by atoms with Crippen LogP contribution in [0.15, 0.2) is 84.9 Å². The smallest absolute Gasteiger partial charge is 0.408 e. The van der Waals surface area contributed by atoms with Crippen LogP contribution < -0.4 is 16.4 Å². The quantitative estimate of drug-likeness (QED) is 0.232. The molecule has 13 nitrogen and oxygen atoms in total. The Morgan fingerprint density at radius 2 is 1.42 bits per heavy atom. The van der Waals surface area contributed by atoms with Crippen molar-refractivity contribution in [1.29, 1.82) is 0 Å². The summed E-state index contributed by atoms with van der Waals surface area (Å²) >= 11 is 0. The number of amides is 7. The number of primary amides is 1. The van der Waals surface area contributed by atoms with Gasteiger partial charge < -0.3 is 26.0 Å². The molecule has 3 aromatic rings. The van der Waals surface area contributed by atoms with Gasteiger partial charge in [0.1, 0.15) is 18.7 Å². The number of hydrogen-bond donors (Lipinski definition) is 3. The first kappa shape index (κ1) is 33.8. The van der Waals surface area contributed by atoms with E-state index >= 15 is 0 Å². The normalized spacial score (nSPS) is 12.1. The third-order valence-corrected chi connectivity index (χ3v) is 6.74.